The summed E-state index contributed by atoms with van der Waals surface area (Å²) < 4.78 is 18.4. The Balaban J connectivity index is 1.72. The molecule has 0 bridgehead atoms. The standard InChI is InChI=1S/C21H22N4O3S/c1-26-13-4-5-16-14(8-13)12(11-23-16)6-7-25-20(22)15-9-18(27-2)19(28-3)10-17(15)24-21(25)29/h4-5,8-11,23H,6-7,22H2,1-3H3. The topological polar surface area (TPSA) is 87.3 Å². The second-order valence-corrected chi connectivity index (χ2v) is 7.00. The van der Waals surface area contributed by atoms with Gasteiger partial charge in [-0.05, 0) is 48.5 Å². The van der Waals surface area contributed by atoms with Crippen LogP contribution in [0.4, 0.5) is 5.82 Å². The summed E-state index contributed by atoms with van der Waals surface area (Å²) in [7, 11) is 4.84. The zero-order valence-corrected chi connectivity index (χ0v) is 17.3. The van der Waals surface area contributed by atoms with E-state index in [0.29, 0.717) is 34.1 Å². The first-order valence-corrected chi connectivity index (χ1v) is 9.52. The van der Waals surface area contributed by atoms with E-state index in [9.17, 15) is 0 Å². The number of H-pyrrole nitrogens is 1. The number of hydrogen-bond acceptors (Lipinski definition) is 6. The number of nitrogens with one attached hydrogen (secondary N) is 1. The van der Waals surface area contributed by atoms with E-state index in [1.165, 1.54) is 0 Å². The van der Waals surface area contributed by atoms with Gasteiger partial charge in [0.2, 0.25) is 4.77 Å². The SMILES string of the molecule is COc1ccc2[nH]cc(CCn3c(N)c4cc(OC)c(OC)cc4nc3=S)c2c1. The number of benzene rings is 2. The van der Waals surface area contributed by atoms with E-state index in [2.05, 4.69) is 9.97 Å². The molecular formula is C21H22N4O3S. The van der Waals surface area contributed by atoms with Crippen molar-refractivity contribution >= 4 is 39.8 Å². The molecule has 0 spiro atoms. The predicted molar refractivity (Wildman–Crippen MR) is 117 cm³/mol. The molecule has 7 nitrogen and oxygen atoms in total. The maximum Gasteiger partial charge on any atom is 0.201 e. The van der Waals surface area contributed by atoms with Crippen molar-refractivity contribution in [1.82, 2.24) is 14.5 Å². The Bertz CT molecular complexity index is 1260. The summed E-state index contributed by atoms with van der Waals surface area (Å²) >= 11 is 5.51. The van der Waals surface area contributed by atoms with Gasteiger partial charge >= 0.3 is 0 Å². The van der Waals surface area contributed by atoms with Crippen LogP contribution in [-0.4, -0.2) is 35.9 Å². The van der Waals surface area contributed by atoms with Crippen molar-refractivity contribution in [3.05, 3.63) is 46.9 Å². The van der Waals surface area contributed by atoms with Crippen molar-refractivity contribution in [1.29, 1.82) is 0 Å². The first-order valence-electron chi connectivity index (χ1n) is 9.11. The number of aromatic nitrogens is 3. The fraction of sp³-hybridized carbons (Fsp3) is 0.238. The molecule has 2 aromatic carbocycles. The minimum absolute atomic E-state index is 0.430. The molecule has 150 valence electrons. The highest BCUT2D eigenvalue weighted by molar-refractivity contribution is 7.71. The van der Waals surface area contributed by atoms with Crippen LogP contribution in [-0.2, 0) is 13.0 Å². The van der Waals surface area contributed by atoms with Crippen molar-refractivity contribution in [3.63, 3.8) is 0 Å². The number of hydrogen-bond donors (Lipinski definition) is 2. The molecular weight excluding hydrogens is 388 g/mol. The van der Waals surface area contributed by atoms with Gasteiger partial charge in [0, 0.05) is 35.1 Å². The van der Waals surface area contributed by atoms with E-state index >= 15 is 0 Å². The summed E-state index contributed by atoms with van der Waals surface area (Å²) in [5.41, 5.74) is 9.36. The molecule has 0 atom stereocenters. The molecule has 4 aromatic rings. The Labute approximate surface area is 173 Å². The molecule has 4 rings (SSSR count). The van der Waals surface area contributed by atoms with Crippen LogP contribution in [0.3, 0.4) is 0 Å². The van der Waals surface area contributed by atoms with Crippen molar-refractivity contribution in [2.24, 2.45) is 0 Å². The molecule has 3 N–H and O–H groups in total. The van der Waals surface area contributed by atoms with Crippen LogP contribution in [0, 0.1) is 4.77 Å². The fourth-order valence-electron chi connectivity index (χ4n) is 3.52. The summed E-state index contributed by atoms with van der Waals surface area (Å²) in [6, 6.07) is 9.59. The lowest BCUT2D eigenvalue weighted by atomic mass is 10.1. The third-order valence-electron chi connectivity index (χ3n) is 5.09. The summed E-state index contributed by atoms with van der Waals surface area (Å²) in [6.07, 6.45) is 2.75. The summed E-state index contributed by atoms with van der Waals surface area (Å²) in [5, 5.41) is 1.89. The zero-order chi connectivity index (χ0) is 20.5. The smallest absolute Gasteiger partial charge is 0.201 e. The van der Waals surface area contributed by atoms with Crippen LogP contribution < -0.4 is 19.9 Å². The van der Waals surface area contributed by atoms with E-state index in [-0.39, 0.29) is 0 Å². The number of aromatic amines is 1. The highest BCUT2D eigenvalue weighted by Crippen LogP contribution is 2.34. The number of fused-ring (bicyclic) bond motifs is 2. The number of ether oxygens (including phenoxy) is 3. The summed E-state index contributed by atoms with van der Waals surface area (Å²) in [4.78, 5) is 7.84. The minimum Gasteiger partial charge on any atom is -0.497 e. The number of methoxy groups -OCH3 is 3. The molecule has 0 radical (unpaired) electrons. The van der Waals surface area contributed by atoms with Gasteiger partial charge in [-0.2, -0.15) is 0 Å². The van der Waals surface area contributed by atoms with Gasteiger partial charge in [-0.15, -0.1) is 0 Å². The van der Waals surface area contributed by atoms with E-state index in [0.717, 1.165) is 34.0 Å². The van der Waals surface area contributed by atoms with Gasteiger partial charge in [0.25, 0.3) is 0 Å². The predicted octanol–water partition coefficient (Wildman–Crippen LogP) is 4.10. The average molecular weight is 410 g/mol. The molecule has 29 heavy (non-hydrogen) atoms. The molecule has 0 aliphatic heterocycles. The van der Waals surface area contributed by atoms with Gasteiger partial charge in [0.1, 0.15) is 11.6 Å². The van der Waals surface area contributed by atoms with E-state index in [4.69, 9.17) is 32.2 Å². The first-order chi connectivity index (χ1) is 14.0. The Hall–Kier alpha value is -3.26. The molecule has 2 heterocycles. The number of nitrogens with zero attached hydrogens (tertiary/aromatic N) is 2. The molecule has 0 saturated carbocycles. The lowest BCUT2D eigenvalue weighted by Gasteiger charge is -2.15. The van der Waals surface area contributed by atoms with Crippen LogP contribution in [0.1, 0.15) is 5.56 Å². The molecule has 0 fully saturated rings. The minimum atomic E-state index is 0.430. The highest BCUT2D eigenvalue weighted by atomic mass is 32.1. The third-order valence-corrected chi connectivity index (χ3v) is 5.41. The maximum absolute atomic E-state index is 6.46. The maximum atomic E-state index is 6.46. The van der Waals surface area contributed by atoms with Gasteiger partial charge in [0.15, 0.2) is 11.5 Å². The average Bonchev–Trinajstić information content (AvgIpc) is 3.14. The Morgan fingerprint density at radius 2 is 1.79 bits per heavy atom. The van der Waals surface area contributed by atoms with Crippen molar-refractivity contribution < 1.29 is 14.2 Å². The van der Waals surface area contributed by atoms with E-state index in [1.54, 1.807) is 27.4 Å². The molecule has 8 heteroatoms. The zero-order valence-electron chi connectivity index (χ0n) is 16.5. The van der Waals surface area contributed by atoms with Crippen LogP contribution in [0.2, 0.25) is 0 Å². The van der Waals surface area contributed by atoms with E-state index < -0.39 is 0 Å². The summed E-state index contributed by atoms with van der Waals surface area (Å²) in [6.45, 7) is 0.603. The van der Waals surface area contributed by atoms with Gasteiger partial charge in [-0.25, -0.2) is 4.98 Å². The first kappa shape index (κ1) is 19.1. The summed E-state index contributed by atoms with van der Waals surface area (Å²) in [5.74, 6) is 2.56. The highest BCUT2D eigenvalue weighted by Gasteiger charge is 2.13. The molecule has 0 unspecified atom stereocenters. The van der Waals surface area contributed by atoms with Crippen LogP contribution in [0.5, 0.6) is 17.2 Å². The third kappa shape index (κ3) is 3.36. The molecule has 0 amide bonds. The number of rotatable bonds is 6. The molecule has 0 aliphatic rings. The van der Waals surface area contributed by atoms with E-state index in [1.807, 2.05) is 35.0 Å². The number of anilines is 1. The Kier molecular flexibility index (Phi) is 5.02. The van der Waals surface area contributed by atoms with Gasteiger partial charge in [0.05, 0.1) is 26.8 Å². The molecule has 0 aliphatic carbocycles. The molecule has 2 aromatic heterocycles. The van der Waals surface area contributed by atoms with Crippen LogP contribution in [0.25, 0.3) is 21.8 Å². The second-order valence-electron chi connectivity index (χ2n) is 6.63. The quantitative estimate of drug-likeness (QED) is 0.466. The number of nitrogens with two attached hydrogens (primary N) is 1. The number of aryl methyl sites for hydroxylation is 1. The van der Waals surface area contributed by atoms with Crippen molar-refractivity contribution in [2.45, 2.75) is 13.0 Å². The van der Waals surface area contributed by atoms with Crippen LogP contribution >= 0.6 is 12.2 Å². The van der Waals surface area contributed by atoms with Crippen molar-refractivity contribution in [2.75, 3.05) is 27.1 Å². The van der Waals surface area contributed by atoms with Crippen LogP contribution in [0.15, 0.2) is 36.5 Å². The van der Waals surface area contributed by atoms with Gasteiger partial charge in [-0.3, -0.25) is 0 Å². The largest absolute Gasteiger partial charge is 0.497 e. The monoisotopic (exact) mass is 410 g/mol. The lowest BCUT2D eigenvalue weighted by molar-refractivity contribution is 0.355. The Morgan fingerprint density at radius 3 is 2.52 bits per heavy atom. The fourth-order valence-corrected chi connectivity index (χ4v) is 3.81. The Morgan fingerprint density at radius 1 is 1.03 bits per heavy atom. The lowest BCUT2D eigenvalue weighted by Crippen LogP contribution is -2.11. The normalized spacial score (nSPS) is 11.1. The number of nitrogen functional groups attached to an aromatic ring is 1. The second kappa shape index (κ2) is 7.63. The van der Waals surface area contributed by atoms with Crippen molar-refractivity contribution in [3.8, 4) is 17.2 Å². The molecule has 0 saturated heterocycles. The van der Waals surface area contributed by atoms with Gasteiger partial charge in [-0.1, -0.05) is 0 Å². The van der Waals surface area contributed by atoms with Gasteiger partial charge < -0.3 is 29.5 Å².